The zero-order valence-electron chi connectivity index (χ0n) is 12.1. The van der Waals surface area contributed by atoms with Crippen molar-refractivity contribution in [3.8, 4) is 11.4 Å². The number of nitro benzene ring substituents is 1. The van der Waals surface area contributed by atoms with Gasteiger partial charge in [0.15, 0.2) is 0 Å². The van der Waals surface area contributed by atoms with Gasteiger partial charge in [-0.3, -0.25) is 10.1 Å². The fourth-order valence-electron chi connectivity index (χ4n) is 2.05. The molecule has 7 heteroatoms. The van der Waals surface area contributed by atoms with Crippen LogP contribution in [0.3, 0.4) is 0 Å². The van der Waals surface area contributed by atoms with E-state index in [0.29, 0.717) is 29.7 Å². The molecular formula is C14H18N4O3. The smallest absolute Gasteiger partial charge is 0.269 e. The minimum Gasteiger partial charge on any atom is -0.339 e. The molecule has 0 spiro atoms. The number of aromatic nitrogens is 2. The highest BCUT2D eigenvalue weighted by molar-refractivity contribution is 5.56. The standard InChI is InChI=1S/C14H18N4O3/c1-3-11(15-4-2)9-13-16-14(17-21-13)10-5-7-12(8-6-10)18(19)20/h5-8,11,15H,3-4,9H2,1-2H3. The maximum atomic E-state index is 10.6. The van der Waals surface area contributed by atoms with E-state index in [2.05, 4.69) is 29.3 Å². The molecule has 0 fully saturated rings. The van der Waals surface area contributed by atoms with Crippen molar-refractivity contribution in [2.24, 2.45) is 0 Å². The van der Waals surface area contributed by atoms with Gasteiger partial charge < -0.3 is 9.84 Å². The average molecular weight is 290 g/mol. The summed E-state index contributed by atoms with van der Waals surface area (Å²) in [6.07, 6.45) is 1.65. The molecule has 1 atom stereocenters. The van der Waals surface area contributed by atoms with Crippen LogP contribution in [0.1, 0.15) is 26.2 Å². The maximum Gasteiger partial charge on any atom is 0.269 e. The minimum atomic E-state index is -0.437. The fourth-order valence-corrected chi connectivity index (χ4v) is 2.05. The molecule has 1 aromatic heterocycles. The largest absolute Gasteiger partial charge is 0.339 e. The Morgan fingerprint density at radius 1 is 1.33 bits per heavy atom. The van der Waals surface area contributed by atoms with Crippen LogP contribution in [0.5, 0.6) is 0 Å². The lowest BCUT2D eigenvalue weighted by atomic mass is 10.1. The van der Waals surface area contributed by atoms with Gasteiger partial charge in [0.05, 0.1) is 4.92 Å². The van der Waals surface area contributed by atoms with E-state index >= 15 is 0 Å². The molecule has 0 saturated carbocycles. The van der Waals surface area contributed by atoms with Crippen LogP contribution in [-0.4, -0.2) is 27.7 Å². The molecule has 2 aromatic rings. The second-order valence-corrected chi connectivity index (χ2v) is 4.68. The predicted octanol–water partition coefficient (Wildman–Crippen LogP) is 2.58. The van der Waals surface area contributed by atoms with Crippen molar-refractivity contribution in [3.05, 3.63) is 40.3 Å². The number of nitrogens with zero attached hydrogens (tertiary/aromatic N) is 3. The Balaban J connectivity index is 2.10. The number of benzene rings is 1. The Labute approximate surface area is 122 Å². The van der Waals surface area contributed by atoms with Gasteiger partial charge in [0.1, 0.15) is 0 Å². The minimum absolute atomic E-state index is 0.0423. The van der Waals surface area contributed by atoms with Crippen molar-refractivity contribution < 1.29 is 9.45 Å². The molecule has 1 N–H and O–H groups in total. The summed E-state index contributed by atoms with van der Waals surface area (Å²) in [4.78, 5) is 14.5. The first-order chi connectivity index (χ1) is 10.1. The molecule has 112 valence electrons. The van der Waals surface area contributed by atoms with E-state index in [9.17, 15) is 10.1 Å². The molecule has 1 heterocycles. The molecule has 2 rings (SSSR count). The topological polar surface area (TPSA) is 94.1 Å². The molecule has 0 bridgehead atoms. The molecule has 21 heavy (non-hydrogen) atoms. The quantitative estimate of drug-likeness (QED) is 0.622. The maximum absolute atomic E-state index is 10.6. The number of nitro groups is 1. The van der Waals surface area contributed by atoms with Gasteiger partial charge in [-0.2, -0.15) is 4.98 Å². The van der Waals surface area contributed by atoms with Crippen LogP contribution in [0.2, 0.25) is 0 Å². The molecule has 0 amide bonds. The molecule has 0 aliphatic carbocycles. The Morgan fingerprint density at radius 2 is 2.05 bits per heavy atom. The summed E-state index contributed by atoms with van der Waals surface area (Å²) < 4.78 is 5.24. The lowest BCUT2D eigenvalue weighted by molar-refractivity contribution is -0.384. The first-order valence-corrected chi connectivity index (χ1v) is 6.94. The molecule has 0 radical (unpaired) electrons. The fraction of sp³-hybridized carbons (Fsp3) is 0.429. The Morgan fingerprint density at radius 3 is 2.62 bits per heavy atom. The summed E-state index contributed by atoms with van der Waals surface area (Å²) >= 11 is 0. The van der Waals surface area contributed by atoms with Crippen molar-refractivity contribution in [3.63, 3.8) is 0 Å². The van der Waals surface area contributed by atoms with Gasteiger partial charge in [-0.05, 0) is 25.1 Å². The summed E-state index contributed by atoms with van der Waals surface area (Å²) in [5.74, 6) is 1.02. The van der Waals surface area contributed by atoms with Gasteiger partial charge in [0.2, 0.25) is 11.7 Å². The molecule has 7 nitrogen and oxygen atoms in total. The van der Waals surface area contributed by atoms with Crippen molar-refractivity contribution >= 4 is 5.69 Å². The van der Waals surface area contributed by atoms with Gasteiger partial charge in [-0.25, -0.2) is 0 Å². The van der Waals surface area contributed by atoms with Gasteiger partial charge in [-0.1, -0.05) is 19.0 Å². The van der Waals surface area contributed by atoms with E-state index < -0.39 is 4.92 Å². The van der Waals surface area contributed by atoms with Crippen molar-refractivity contribution in [2.45, 2.75) is 32.7 Å². The van der Waals surface area contributed by atoms with Crippen LogP contribution < -0.4 is 5.32 Å². The summed E-state index contributed by atoms with van der Waals surface area (Å²) in [6, 6.07) is 6.40. The molecule has 0 saturated heterocycles. The van der Waals surface area contributed by atoms with Crippen molar-refractivity contribution in [2.75, 3.05) is 6.54 Å². The highest BCUT2D eigenvalue weighted by Gasteiger charge is 2.14. The second-order valence-electron chi connectivity index (χ2n) is 4.68. The second kappa shape index (κ2) is 6.94. The van der Waals surface area contributed by atoms with E-state index in [1.807, 2.05) is 0 Å². The Kier molecular flexibility index (Phi) is 4.99. The van der Waals surface area contributed by atoms with Gasteiger partial charge >= 0.3 is 0 Å². The highest BCUT2D eigenvalue weighted by atomic mass is 16.6. The number of non-ortho nitro benzene ring substituents is 1. The number of rotatable bonds is 7. The summed E-state index contributed by atoms with van der Waals surface area (Å²) in [5.41, 5.74) is 0.743. The third kappa shape index (κ3) is 3.85. The van der Waals surface area contributed by atoms with Gasteiger partial charge in [-0.15, -0.1) is 0 Å². The molecule has 0 aliphatic heterocycles. The number of likely N-dealkylation sites (N-methyl/N-ethyl adjacent to an activating group) is 1. The van der Waals surface area contributed by atoms with Crippen LogP contribution in [0.25, 0.3) is 11.4 Å². The summed E-state index contributed by atoms with van der Waals surface area (Å²) in [6.45, 7) is 5.04. The summed E-state index contributed by atoms with van der Waals surface area (Å²) in [7, 11) is 0. The van der Waals surface area contributed by atoms with E-state index in [4.69, 9.17) is 4.52 Å². The average Bonchev–Trinajstić information content (AvgIpc) is 2.95. The normalized spacial score (nSPS) is 12.3. The van der Waals surface area contributed by atoms with Crippen LogP contribution >= 0.6 is 0 Å². The third-order valence-corrected chi connectivity index (χ3v) is 3.21. The Hall–Kier alpha value is -2.28. The first-order valence-electron chi connectivity index (χ1n) is 6.94. The van der Waals surface area contributed by atoms with Gasteiger partial charge in [0.25, 0.3) is 5.69 Å². The van der Waals surface area contributed by atoms with E-state index in [-0.39, 0.29) is 5.69 Å². The van der Waals surface area contributed by atoms with Gasteiger partial charge in [0, 0.05) is 30.2 Å². The lowest BCUT2D eigenvalue weighted by Gasteiger charge is -2.12. The van der Waals surface area contributed by atoms with Crippen LogP contribution in [0.15, 0.2) is 28.8 Å². The number of nitrogens with one attached hydrogen (secondary N) is 1. The van der Waals surface area contributed by atoms with Crippen molar-refractivity contribution in [1.82, 2.24) is 15.5 Å². The zero-order valence-corrected chi connectivity index (χ0v) is 12.1. The molecular weight excluding hydrogens is 272 g/mol. The number of hydrogen-bond donors (Lipinski definition) is 1. The van der Waals surface area contributed by atoms with E-state index in [0.717, 1.165) is 13.0 Å². The van der Waals surface area contributed by atoms with E-state index in [1.165, 1.54) is 12.1 Å². The Bertz CT molecular complexity index is 595. The summed E-state index contributed by atoms with van der Waals surface area (Å²) in [5, 5.41) is 17.9. The van der Waals surface area contributed by atoms with Crippen LogP contribution in [-0.2, 0) is 6.42 Å². The predicted molar refractivity (Wildman–Crippen MR) is 77.8 cm³/mol. The zero-order chi connectivity index (χ0) is 15.2. The first kappa shape index (κ1) is 15.1. The monoisotopic (exact) mass is 290 g/mol. The molecule has 1 aromatic carbocycles. The lowest BCUT2D eigenvalue weighted by Crippen LogP contribution is -2.30. The number of hydrogen-bond acceptors (Lipinski definition) is 6. The SMILES string of the molecule is CCNC(CC)Cc1nc(-c2ccc([N+](=O)[O-])cc2)no1. The third-order valence-electron chi connectivity index (χ3n) is 3.21. The molecule has 0 aliphatic rings. The highest BCUT2D eigenvalue weighted by Crippen LogP contribution is 2.20. The van der Waals surface area contributed by atoms with Crippen LogP contribution in [0, 0.1) is 10.1 Å². The van der Waals surface area contributed by atoms with Crippen LogP contribution in [0.4, 0.5) is 5.69 Å². The van der Waals surface area contributed by atoms with E-state index in [1.54, 1.807) is 12.1 Å². The molecule has 1 unspecified atom stereocenters. The van der Waals surface area contributed by atoms with Crippen molar-refractivity contribution in [1.29, 1.82) is 0 Å².